The van der Waals surface area contributed by atoms with Crippen molar-refractivity contribution in [3.63, 3.8) is 0 Å². The number of hydrogen-bond donors (Lipinski definition) is 0. The number of aromatic nitrogens is 1. The first-order chi connectivity index (χ1) is 8.98. The minimum Gasteiger partial charge on any atom is -0.292 e. The van der Waals surface area contributed by atoms with E-state index in [9.17, 15) is 13.2 Å². The van der Waals surface area contributed by atoms with Crippen molar-refractivity contribution in [3.8, 4) is 0 Å². The van der Waals surface area contributed by atoms with E-state index < -0.39 is 12.7 Å². The number of aryl methyl sites for hydroxylation is 1. The van der Waals surface area contributed by atoms with Gasteiger partial charge in [-0.15, -0.1) is 22.9 Å². The SMILES string of the molecule is FC(F)(F)CN(CCCc1nc(CCl)cs1)C1CC1. The molecule has 0 aliphatic heterocycles. The summed E-state index contributed by atoms with van der Waals surface area (Å²) in [6.45, 7) is -0.303. The van der Waals surface area contributed by atoms with Crippen LogP contribution in [0.5, 0.6) is 0 Å². The van der Waals surface area contributed by atoms with E-state index in [0.717, 1.165) is 30.0 Å². The van der Waals surface area contributed by atoms with Crippen molar-refractivity contribution < 1.29 is 13.2 Å². The lowest BCUT2D eigenvalue weighted by Gasteiger charge is -2.22. The van der Waals surface area contributed by atoms with Gasteiger partial charge in [0.2, 0.25) is 0 Å². The second kappa shape index (κ2) is 6.41. The van der Waals surface area contributed by atoms with Gasteiger partial charge in [0.15, 0.2) is 0 Å². The minimum absolute atomic E-state index is 0.135. The van der Waals surface area contributed by atoms with Gasteiger partial charge in [-0.2, -0.15) is 13.2 Å². The zero-order valence-corrected chi connectivity index (χ0v) is 12.0. The van der Waals surface area contributed by atoms with Crippen LogP contribution in [0.3, 0.4) is 0 Å². The van der Waals surface area contributed by atoms with Crippen LogP contribution < -0.4 is 0 Å². The molecule has 1 heterocycles. The second-order valence-corrected chi connectivity index (χ2v) is 6.00. The molecule has 1 aromatic rings. The van der Waals surface area contributed by atoms with Crippen LogP contribution in [0, 0.1) is 0 Å². The molecule has 1 aromatic heterocycles. The van der Waals surface area contributed by atoms with E-state index in [0.29, 0.717) is 18.8 Å². The smallest absolute Gasteiger partial charge is 0.292 e. The van der Waals surface area contributed by atoms with Crippen LogP contribution in [-0.4, -0.2) is 35.2 Å². The molecule has 0 saturated heterocycles. The molecule has 0 N–H and O–H groups in total. The first-order valence-corrected chi connectivity index (χ1v) is 7.69. The van der Waals surface area contributed by atoms with Crippen molar-refractivity contribution >= 4 is 22.9 Å². The number of thiazole rings is 1. The fourth-order valence-corrected chi connectivity index (χ4v) is 3.09. The van der Waals surface area contributed by atoms with Gasteiger partial charge in [-0.1, -0.05) is 0 Å². The van der Waals surface area contributed by atoms with Gasteiger partial charge in [0, 0.05) is 17.8 Å². The van der Waals surface area contributed by atoms with Gasteiger partial charge in [-0.25, -0.2) is 4.98 Å². The molecule has 2 nitrogen and oxygen atoms in total. The second-order valence-electron chi connectivity index (χ2n) is 4.79. The lowest BCUT2D eigenvalue weighted by atomic mass is 10.3. The van der Waals surface area contributed by atoms with E-state index in [1.165, 1.54) is 11.3 Å². The van der Waals surface area contributed by atoms with Crippen molar-refractivity contribution in [3.05, 3.63) is 16.1 Å². The van der Waals surface area contributed by atoms with E-state index in [1.807, 2.05) is 5.38 Å². The highest BCUT2D eigenvalue weighted by Gasteiger charge is 2.37. The van der Waals surface area contributed by atoms with Crippen molar-refractivity contribution in [1.82, 2.24) is 9.88 Å². The lowest BCUT2D eigenvalue weighted by molar-refractivity contribution is -0.147. The summed E-state index contributed by atoms with van der Waals surface area (Å²) in [5.74, 6) is 0.388. The Hall–Kier alpha value is -0.330. The molecular weight excluding hydrogens is 297 g/mol. The molecule has 0 atom stereocenters. The number of nitrogens with zero attached hydrogens (tertiary/aromatic N) is 2. The monoisotopic (exact) mass is 312 g/mol. The standard InChI is InChI=1S/C12H16ClF3N2S/c13-6-9-7-19-11(17-9)2-1-5-18(10-3-4-10)8-12(14,15)16/h7,10H,1-6,8H2. The van der Waals surface area contributed by atoms with E-state index >= 15 is 0 Å². The van der Waals surface area contributed by atoms with Gasteiger partial charge >= 0.3 is 6.18 Å². The number of alkyl halides is 4. The van der Waals surface area contributed by atoms with Gasteiger partial charge in [0.1, 0.15) is 0 Å². The molecule has 1 saturated carbocycles. The van der Waals surface area contributed by atoms with Crippen LogP contribution in [-0.2, 0) is 12.3 Å². The zero-order chi connectivity index (χ0) is 13.9. The Kier molecular flexibility index (Phi) is 5.09. The lowest BCUT2D eigenvalue weighted by Crippen LogP contribution is -2.36. The van der Waals surface area contributed by atoms with Crippen LogP contribution in [0.15, 0.2) is 5.38 Å². The summed E-state index contributed by atoms with van der Waals surface area (Å²) in [4.78, 5) is 5.86. The largest absolute Gasteiger partial charge is 0.401 e. The highest BCUT2D eigenvalue weighted by molar-refractivity contribution is 7.09. The van der Waals surface area contributed by atoms with Crippen LogP contribution in [0.1, 0.15) is 30.0 Å². The van der Waals surface area contributed by atoms with Crippen LogP contribution in [0.4, 0.5) is 13.2 Å². The van der Waals surface area contributed by atoms with Crippen LogP contribution in [0.25, 0.3) is 0 Å². The van der Waals surface area contributed by atoms with Crippen molar-refractivity contribution in [2.24, 2.45) is 0 Å². The predicted octanol–water partition coefficient (Wildman–Crippen LogP) is 3.84. The molecule has 7 heteroatoms. The summed E-state index contributed by atoms with van der Waals surface area (Å²) in [6, 6.07) is 0.135. The van der Waals surface area contributed by atoms with E-state index in [4.69, 9.17) is 11.6 Å². The third-order valence-electron chi connectivity index (χ3n) is 3.02. The first-order valence-electron chi connectivity index (χ1n) is 6.28. The average Bonchev–Trinajstić information content (AvgIpc) is 3.07. The molecule has 0 aromatic carbocycles. The van der Waals surface area contributed by atoms with Gasteiger partial charge in [0.25, 0.3) is 0 Å². The van der Waals surface area contributed by atoms with Crippen molar-refractivity contribution in [2.75, 3.05) is 13.1 Å². The summed E-state index contributed by atoms with van der Waals surface area (Å²) in [6.07, 6.45) is -0.881. The molecule has 19 heavy (non-hydrogen) atoms. The molecule has 0 bridgehead atoms. The quantitative estimate of drug-likeness (QED) is 0.711. The molecule has 108 valence electrons. The molecular formula is C12H16ClF3N2S. The Morgan fingerprint density at radius 2 is 2.16 bits per heavy atom. The molecule has 1 aliphatic carbocycles. The minimum atomic E-state index is -4.10. The summed E-state index contributed by atoms with van der Waals surface area (Å²) in [7, 11) is 0. The first kappa shape index (κ1) is 15.1. The van der Waals surface area contributed by atoms with E-state index in [-0.39, 0.29) is 6.04 Å². The van der Waals surface area contributed by atoms with Gasteiger partial charge in [-0.05, 0) is 25.8 Å². The highest BCUT2D eigenvalue weighted by atomic mass is 35.5. The summed E-state index contributed by atoms with van der Waals surface area (Å²) in [5.41, 5.74) is 0.844. The Bertz CT molecular complexity index is 404. The van der Waals surface area contributed by atoms with Crippen molar-refractivity contribution in [2.45, 2.75) is 43.8 Å². The van der Waals surface area contributed by atoms with Gasteiger partial charge < -0.3 is 0 Å². The summed E-state index contributed by atoms with van der Waals surface area (Å²) >= 11 is 7.18. The number of rotatable bonds is 7. The maximum Gasteiger partial charge on any atom is 0.401 e. The third kappa shape index (κ3) is 5.28. The van der Waals surface area contributed by atoms with Crippen LogP contribution >= 0.6 is 22.9 Å². The third-order valence-corrected chi connectivity index (χ3v) is 4.25. The number of hydrogen-bond acceptors (Lipinski definition) is 3. The normalized spacial score (nSPS) is 16.3. The van der Waals surface area contributed by atoms with Crippen molar-refractivity contribution in [1.29, 1.82) is 0 Å². The molecule has 1 fully saturated rings. The fourth-order valence-electron chi connectivity index (χ4n) is 2.02. The zero-order valence-electron chi connectivity index (χ0n) is 10.4. The fraction of sp³-hybridized carbons (Fsp3) is 0.750. The topological polar surface area (TPSA) is 16.1 Å². The van der Waals surface area contributed by atoms with Crippen LogP contribution in [0.2, 0.25) is 0 Å². The maximum absolute atomic E-state index is 12.4. The Morgan fingerprint density at radius 3 is 2.68 bits per heavy atom. The maximum atomic E-state index is 12.4. The summed E-state index contributed by atoms with van der Waals surface area (Å²) < 4.78 is 37.3. The molecule has 2 rings (SSSR count). The molecule has 0 radical (unpaired) electrons. The highest BCUT2D eigenvalue weighted by Crippen LogP contribution is 2.30. The van der Waals surface area contributed by atoms with Gasteiger partial charge in [-0.3, -0.25) is 4.90 Å². The Labute approximate surface area is 119 Å². The summed E-state index contributed by atoms with van der Waals surface area (Å²) in [5, 5.41) is 2.86. The average molecular weight is 313 g/mol. The van der Waals surface area contributed by atoms with Gasteiger partial charge in [0.05, 0.1) is 23.1 Å². The van der Waals surface area contributed by atoms with E-state index in [2.05, 4.69) is 4.98 Å². The molecule has 0 amide bonds. The number of halogens is 4. The van der Waals surface area contributed by atoms with E-state index in [1.54, 1.807) is 4.90 Å². The Balaban J connectivity index is 1.76. The molecule has 0 spiro atoms. The Morgan fingerprint density at radius 1 is 1.42 bits per heavy atom. The predicted molar refractivity (Wildman–Crippen MR) is 70.6 cm³/mol. The molecule has 0 unspecified atom stereocenters. The molecule has 1 aliphatic rings.